The molecular formula is C14H23NO6. The van der Waals surface area contributed by atoms with Crippen LogP contribution >= 0.6 is 0 Å². The van der Waals surface area contributed by atoms with Crippen molar-refractivity contribution in [2.45, 2.75) is 64.0 Å². The van der Waals surface area contributed by atoms with Crippen molar-refractivity contribution >= 4 is 12.1 Å². The van der Waals surface area contributed by atoms with Crippen molar-refractivity contribution in [3.8, 4) is 0 Å². The van der Waals surface area contributed by atoms with E-state index in [-0.39, 0.29) is 13.2 Å². The van der Waals surface area contributed by atoms with E-state index in [1.807, 2.05) is 13.8 Å². The zero-order valence-electron chi connectivity index (χ0n) is 13.1. The Morgan fingerprint density at radius 1 is 1.29 bits per heavy atom. The lowest BCUT2D eigenvalue weighted by Gasteiger charge is -2.35. The van der Waals surface area contributed by atoms with Crippen LogP contribution in [0.15, 0.2) is 0 Å². The Balaban J connectivity index is 2.30. The molecule has 2 saturated heterocycles. The average Bonchev–Trinajstić information content (AvgIpc) is 2.77. The first kappa shape index (κ1) is 16.0. The number of rotatable bonds is 1. The molecule has 120 valence electrons. The van der Waals surface area contributed by atoms with Crippen molar-refractivity contribution in [3.05, 3.63) is 0 Å². The molecule has 1 N–H and O–H groups in total. The summed E-state index contributed by atoms with van der Waals surface area (Å²) in [5.41, 5.74) is -2.25. The van der Waals surface area contributed by atoms with Crippen LogP contribution in [0, 0.1) is 0 Å². The van der Waals surface area contributed by atoms with Crippen LogP contribution in [-0.4, -0.2) is 58.3 Å². The Hall–Kier alpha value is -1.34. The number of hydrogen-bond donors (Lipinski definition) is 1. The van der Waals surface area contributed by atoms with E-state index in [0.29, 0.717) is 6.42 Å². The molecule has 1 spiro atoms. The molecule has 2 rings (SSSR count). The smallest absolute Gasteiger partial charge is 0.413 e. The molecule has 7 heteroatoms. The Labute approximate surface area is 124 Å². The van der Waals surface area contributed by atoms with E-state index in [1.54, 1.807) is 20.8 Å². The first-order chi connectivity index (χ1) is 9.46. The van der Waals surface area contributed by atoms with Crippen LogP contribution in [-0.2, 0) is 19.0 Å². The predicted octanol–water partition coefficient (Wildman–Crippen LogP) is 1.60. The molecule has 2 aliphatic heterocycles. The summed E-state index contributed by atoms with van der Waals surface area (Å²) in [5.74, 6) is -1.11. The molecule has 0 aliphatic carbocycles. The van der Waals surface area contributed by atoms with Gasteiger partial charge in [0.1, 0.15) is 5.60 Å². The Morgan fingerprint density at radius 3 is 2.33 bits per heavy atom. The zero-order chi connectivity index (χ0) is 16.1. The van der Waals surface area contributed by atoms with Gasteiger partial charge in [-0.3, -0.25) is 4.90 Å². The third kappa shape index (κ3) is 3.13. The monoisotopic (exact) mass is 301 g/mol. The van der Waals surface area contributed by atoms with Gasteiger partial charge < -0.3 is 19.3 Å². The van der Waals surface area contributed by atoms with E-state index < -0.39 is 35.0 Å². The number of aliphatic carboxylic acids is 1. The summed E-state index contributed by atoms with van der Waals surface area (Å²) in [6.45, 7) is 9.05. The number of carboxylic acids is 1. The van der Waals surface area contributed by atoms with Gasteiger partial charge in [-0.05, 0) is 34.6 Å². The summed E-state index contributed by atoms with van der Waals surface area (Å²) in [4.78, 5) is 25.1. The Morgan fingerprint density at radius 2 is 1.90 bits per heavy atom. The number of carbonyl (C=O) groups is 2. The van der Waals surface area contributed by atoms with Crippen LogP contribution in [0.4, 0.5) is 4.79 Å². The fourth-order valence-electron chi connectivity index (χ4n) is 2.77. The molecule has 0 aromatic carbocycles. The number of carbonyl (C=O) groups excluding carboxylic acids is 1. The van der Waals surface area contributed by atoms with Crippen molar-refractivity contribution in [2.24, 2.45) is 0 Å². The van der Waals surface area contributed by atoms with Crippen molar-refractivity contribution in [1.82, 2.24) is 4.90 Å². The molecule has 2 aliphatic rings. The molecule has 21 heavy (non-hydrogen) atoms. The number of hydrogen-bond acceptors (Lipinski definition) is 5. The highest BCUT2D eigenvalue weighted by molar-refractivity contribution is 5.81. The number of amides is 1. The topological polar surface area (TPSA) is 85.3 Å². The minimum atomic E-state index is -1.11. The van der Waals surface area contributed by atoms with Gasteiger partial charge in [0.2, 0.25) is 0 Å². The van der Waals surface area contributed by atoms with Gasteiger partial charge in [0, 0.05) is 6.42 Å². The number of ether oxygens (including phenoxy) is 3. The molecule has 2 fully saturated rings. The molecule has 2 unspecified atom stereocenters. The van der Waals surface area contributed by atoms with Gasteiger partial charge in [-0.25, -0.2) is 9.59 Å². The lowest BCUT2D eigenvalue weighted by atomic mass is 9.99. The van der Waals surface area contributed by atoms with Crippen LogP contribution in [0.1, 0.15) is 41.0 Å². The summed E-state index contributed by atoms with van der Waals surface area (Å²) in [6, 6.07) is -1.06. The maximum absolute atomic E-state index is 12.5. The van der Waals surface area contributed by atoms with Crippen LogP contribution < -0.4 is 0 Å². The Kier molecular flexibility index (Phi) is 3.70. The van der Waals surface area contributed by atoms with Gasteiger partial charge in [0.05, 0.1) is 18.8 Å². The van der Waals surface area contributed by atoms with Crippen LogP contribution in [0.25, 0.3) is 0 Å². The second-order valence-electron chi connectivity index (χ2n) is 7.19. The standard InChI is InChI=1S/C14H23NO6/c1-12(2,3)21-11(18)15-9(10(16)17)6-19-14(15)7-13(4,5)20-8-14/h9H,6-8H2,1-5H3,(H,16,17). The lowest BCUT2D eigenvalue weighted by Crippen LogP contribution is -2.55. The van der Waals surface area contributed by atoms with Gasteiger partial charge in [0.25, 0.3) is 0 Å². The van der Waals surface area contributed by atoms with E-state index in [9.17, 15) is 14.7 Å². The second kappa shape index (κ2) is 4.84. The van der Waals surface area contributed by atoms with Gasteiger partial charge in [-0.1, -0.05) is 0 Å². The second-order valence-corrected chi connectivity index (χ2v) is 7.19. The van der Waals surface area contributed by atoms with Crippen molar-refractivity contribution in [3.63, 3.8) is 0 Å². The molecule has 0 radical (unpaired) electrons. The maximum Gasteiger partial charge on any atom is 0.413 e. The van der Waals surface area contributed by atoms with E-state index in [0.717, 1.165) is 0 Å². The number of nitrogens with zero attached hydrogens (tertiary/aromatic N) is 1. The third-order valence-electron chi connectivity index (χ3n) is 3.53. The summed E-state index contributed by atoms with van der Waals surface area (Å²) >= 11 is 0. The van der Waals surface area contributed by atoms with Gasteiger partial charge in [0.15, 0.2) is 11.8 Å². The lowest BCUT2D eigenvalue weighted by molar-refractivity contribution is -0.143. The summed E-state index contributed by atoms with van der Waals surface area (Å²) in [7, 11) is 0. The fourth-order valence-corrected chi connectivity index (χ4v) is 2.77. The van der Waals surface area contributed by atoms with Crippen molar-refractivity contribution in [2.75, 3.05) is 13.2 Å². The van der Waals surface area contributed by atoms with E-state index in [1.165, 1.54) is 4.90 Å². The van der Waals surface area contributed by atoms with Crippen LogP contribution in [0.2, 0.25) is 0 Å². The zero-order valence-corrected chi connectivity index (χ0v) is 13.1. The van der Waals surface area contributed by atoms with Crippen molar-refractivity contribution < 1.29 is 28.9 Å². The van der Waals surface area contributed by atoms with E-state index in [2.05, 4.69) is 0 Å². The summed E-state index contributed by atoms with van der Waals surface area (Å²) < 4.78 is 16.7. The molecule has 0 aromatic heterocycles. The highest BCUT2D eigenvalue weighted by atomic mass is 16.6. The molecule has 1 amide bonds. The highest BCUT2D eigenvalue weighted by Crippen LogP contribution is 2.43. The molecule has 2 heterocycles. The van der Waals surface area contributed by atoms with Gasteiger partial charge in [-0.15, -0.1) is 0 Å². The maximum atomic E-state index is 12.5. The van der Waals surface area contributed by atoms with Crippen LogP contribution in [0.5, 0.6) is 0 Å². The predicted molar refractivity (Wildman–Crippen MR) is 72.8 cm³/mol. The summed E-state index contributed by atoms with van der Waals surface area (Å²) in [6.07, 6.45) is -0.281. The average molecular weight is 301 g/mol. The van der Waals surface area contributed by atoms with Gasteiger partial charge in [-0.2, -0.15) is 0 Å². The van der Waals surface area contributed by atoms with Crippen LogP contribution in [0.3, 0.4) is 0 Å². The minimum Gasteiger partial charge on any atom is -0.480 e. The van der Waals surface area contributed by atoms with E-state index >= 15 is 0 Å². The normalized spacial score (nSPS) is 31.7. The first-order valence-electron chi connectivity index (χ1n) is 6.99. The fraction of sp³-hybridized carbons (Fsp3) is 0.857. The molecule has 0 saturated carbocycles. The SMILES string of the molecule is CC(C)(C)OC(=O)N1C(C(=O)O)COC12COC(C)(C)C2. The molecule has 2 atom stereocenters. The van der Waals surface area contributed by atoms with Crippen molar-refractivity contribution in [1.29, 1.82) is 0 Å². The highest BCUT2D eigenvalue weighted by Gasteiger charge is 2.60. The minimum absolute atomic E-state index is 0.0615. The largest absolute Gasteiger partial charge is 0.480 e. The quantitative estimate of drug-likeness (QED) is 0.792. The number of carboxylic acid groups (broad SMARTS) is 1. The molecule has 0 bridgehead atoms. The summed E-state index contributed by atoms with van der Waals surface area (Å²) in [5, 5.41) is 9.33. The molecule has 0 aromatic rings. The Bertz CT molecular complexity index is 455. The third-order valence-corrected chi connectivity index (χ3v) is 3.53. The first-order valence-corrected chi connectivity index (χ1v) is 6.99. The molecular weight excluding hydrogens is 278 g/mol. The van der Waals surface area contributed by atoms with Gasteiger partial charge >= 0.3 is 12.1 Å². The molecule has 7 nitrogen and oxygen atoms in total. The van der Waals surface area contributed by atoms with E-state index in [4.69, 9.17) is 14.2 Å².